The van der Waals surface area contributed by atoms with Gasteiger partial charge in [0.15, 0.2) is 0 Å². The number of amides is 1. The van der Waals surface area contributed by atoms with Crippen molar-refractivity contribution in [2.75, 3.05) is 13.2 Å². The normalized spacial score (nSPS) is 12.0. The first-order chi connectivity index (χ1) is 11.8. The van der Waals surface area contributed by atoms with E-state index in [0.29, 0.717) is 22.3 Å². The summed E-state index contributed by atoms with van der Waals surface area (Å²) in [4.78, 5) is 11.9. The first-order valence-electron chi connectivity index (χ1n) is 8.20. The van der Waals surface area contributed by atoms with Crippen LogP contribution in [0.1, 0.15) is 24.7 Å². The quantitative estimate of drug-likeness (QED) is 0.748. The molecule has 25 heavy (non-hydrogen) atoms. The van der Waals surface area contributed by atoms with Crippen molar-refractivity contribution >= 4 is 29.1 Å². The summed E-state index contributed by atoms with van der Waals surface area (Å²) in [6.07, 6.45) is 0.285. The minimum absolute atomic E-state index is 0.0414. The molecule has 1 amide bonds. The monoisotopic (exact) mass is 383 g/mol. The molecule has 2 aromatic rings. The average Bonchev–Trinajstić information content (AvgIpc) is 2.86. The fourth-order valence-corrected chi connectivity index (χ4v) is 2.71. The molecule has 0 spiro atoms. The van der Waals surface area contributed by atoms with Crippen LogP contribution < -0.4 is 10.1 Å². The third-order valence-corrected chi connectivity index (χ3v) is 4.46. The van der Waals surface area contributed by atoms with E-state index in [2.05, 4.69) is 17.3 Å². The number of carbonyl (C=O) groups excluding carboxylic acids is 1. The number of nitrogens with zero attached hydrogens (tertiary/aromatic N) is 2. The van der Waals surface area contributed by atoms with Crippen LogP contribution >= 0.6 is 23.2 Å². The molecular formula is C18H23Cl2N3O2. The predicted molar refractivity (Wildman–Crippen MR) is 100 cm³/mol. The van der Waals surface area contributed by atoms with Crippen molar-refractivity contribution in [3.63, 3.8) is 0 Å². The van der Waals surface area contributed by atoms with Crippen molar-refractivity contribution in [2.45, 2.75) is 33.7 Å². The molecule has 0 saturated carbocycles. The molecule has 0 aliphatic heterocycles. The molecule has 1 aromatic carbocycles. The number of carbonyl (C=O) groups is 1. The van der Waals surface area contributed by atoms with E-state index in [9.17, 15) is 4.79 Å². The molecule has 0 saturated heterocycles. The van der Waals surface area contributed by atoms with Gasteiger partial charge in [-0.1, -0.05) is 30.1 Å². The molecule has 1 heterocycles. The molecular weight excluding hydrogens is 361 g/mol. The molecule has 7 heteroatoms. The second-order valence-corrected chi connectivity index (χ2v) is 7.01. The van der Waals surface area contributed by atoms with Crippen LogP contribution in [-0.4, -0.2) is 28.8 Å². The van der Waals surface area contributed by atoms with Crippen LogP contribution in [0.5, 0.6) is 5.75 Å². The summed E-state index contributed by atoms with van der Waals surface area (Å²) in [6.45, 7) is 7.76. The van der Waals surface area contributed by atoms with E-state index in [1.54, 1.807) is 18.2 Å². The summed E-state index contributed by atoms with van der Waals surface area (Å²) in [5.74, 6) is 0.846. The maximum absolute atomic E-state index is 11.9. The average molecular weight is 384 g/mol. The number of aromatic nitrogens is 2. The van der Waals surface area contributed by atoms with Gasteiger partial charge >= 0.3 is 0 Å². The van der Waals surface area contributed by atoms with Crippen molar-refractivity contribution in [3.05, 3.63) is 45.7 Å². The Morgan fingerprint density at radius 1 is 1.28 bits per heavy atom. The first kappa shape index (κ1) is 19.6. The van der Waals surface area contributed by atoms with Crippen molar-refractivity contribution in [2.24, 2.45) is 5.92 Å². The van der Waals surface area contributed by atoms with E-state index >= 15 is 0 Å². The van der Waals surface area contributed by atoms with Gasteiger partial charge in [-0.15, -0.1) is 0 Å². The molecule has 2 rings (SSSR count). The van der Waals surface area contributed by atoms with Crippen LogP contribution in [0, 0.1) is 19.8 Å². The molecule has 0 fully saturated rings. The zero-order valence-corrected chi connectivity index (χ0v) is 16.2. The van der Waals surface area contributed by atoms with Crippen LogP contribution in [0.25, 0.3) is 0 Å². The molecule has 1 atom stereocenters. The predicted octanol–water partition coefficient (Wildman–Crippen LogP) is 4.03. The Labute approximate surface area is 158 Å². The third kappa shape index (κ3) is 6.25. The molecule has 0 radical (unpaired) electrons. The topological polar surface area (TPSA) is 56.2 Å². The summed E-state index contributed by atoms with van der Waals surface area (Å²) in [5, 5.41) is 8.27. The van der Waals surface area contributed by atoms with Gasteiger partial charge in [0.25, 0.3) is 0 Å². The molecule has 0 bridgehead atoms. The zero-order chi connectivity index (χ0) is 18.4. The lowest BCUT2D eigenvalue weighted by Crippen LogP contribution is -2.31. The van der Waals surface area contributed by atoms with Crippen LogP contribution in [-0.2, 0) is 11.3 Å². The highest BCUT2D eigenvalue weighted by Gasteiger charge is 2.09. The molecule has 0 aliphatic carbocycles. The van der Waals surface area contributed by atoms with Crippen LogP contribution in [0.3, 0.4) is 0 Å². The lowest BCUT2D eigenvalue weighted by atomic mass is 10.2. The van der Waals surface area contributed by atoms with Gasteiger partial charge in [0.1, 0.15) is 5.75 Å². The summed E-state index contributed by atoms with van der Waals surface area (Å²) < 4.78 is 7.49. The fraction of sp³-hybridized carbons (Fsp3) is 0.444. The number of hydrogen-bond acceptors (Lipinski definition) is 3. The van der Waals surface area contributed by atoms with Crippen LogP contribution in [0.4, 0.5) is 0 Å². The van der Waals surface area contributed by atoms with Crippen molar-refractivity contribution in [1.29, 1.82) is 0 Å². The summed E-state index contributed by atoms with van der Waals surface area (Å²) in [5.41, 5.74) is 2.14. The third-order valence-electron chi connectivity index (χ3n) is 3.72. The van der Waals surface area contributed by atoms with E-state index in [4.69, 9.17) is 27.9 Å². The minimum Gasteiger partial charge on any atom is -0.493 e. The number of halogens is 2. The Balaban J connectivity index is 1.68. The number of hydrogen-bond donors (Lipinski definition) is 1. The van der Waals surface area contributed by atoms with E-state index in [0.717, 1.165) is 17.9 Å². The second-order valence-electron chi connectivity index (χ2n) is 6.19. The molecule has 5 nitrogen and oxygen atoms in total. The summed E-state index contributed by atoms with van der Waals surface area (Å²) in [7, 11) is 0. The highest BCUT2D eigenvalue weighted by molar-refractivity contribution is 6.42. The standard InChI is InChI=1S/C18H23Cl2N3O2/c1-12(11-23-14(3)8-13(2)22-23)10-21-18(24)6-7-25-15-4-5-16(19)17(20)9-15/h4-5,8-9,12H,6-7,10-11H2,1-3H3,(H,21,24). The maximum atomic E-state index is 11.9. The van der Waals surface area contributed by atoms with Crippen LogP contribution in [0.15, 0.2) is 24.3 Å². The van der Waals surface area contributed by atoms with Gasteiger partial charge < -0.3 is 10.1 Å². The largest absolute Gasteiger partial charge is 0.493 e. The molecule has 0 aliphatic rings. The molecule has 1 N–H and O–H groups in total. The van der Waals surface area contributed by atoms with Gasteiger partial charge in [-0.2, -0.15) is 5.10 Å². The Hall–Kier alpha value is -1.72. The maximum Gasteiger partial charge on any atom is 0.223 e. The van der Waals surface area contributed by atoms with Gasteiger partial charge in [0, 0.05) is 24.8 Å². The number of nitrogens with one attached hydrogen (secondary N) is 1. The van der Waals surface area contributed by atoms with Crippen molar-refractivity contribution in [3.8, 4) is 5.75 Å². The lowest BCUT2D eigenvalue weighted by molar-refractivity contribution is -0.121. The highest BCUT2D eigenvalue weighted by Crippen LogP contribution is 2.26. The van der Waals surface area contributed by atoms with Gasteiger partial charge in [-0.05, 0) is 38.0 Å². The van der Waals surface area contributed by atoms with Crippen LogP contribution in [0.2, 0.25) is 10.0 Å². The van der Waals surface area contributed by atoms with Gasteiger partial charge in [0.05, 0.1) is 28.8 Å². The minimum atomic E-state index is -0.0414. The summed E-state index contributed by atoms with van der Waals surface area (Å²) in [6, 6.07) is 7.08. The van der Waals surface area contributed by atoms with Gasteiger partial charge in [-0.3, -0.25) is 9.48 Å². The highest BCUT2D eigenvalue weighted by atomic mass is 35.5. The Bertz CT molecular complexity index is 731. The van der Waals surface area contributed by atoms with Gasteiger partial charge in [-0.25, -0.2) is 0 Å². The fourth-order valence-electron chi connectivity index (χ4n) is 2.42. The smallest absolute Gasteiger partial charge is 0.223 e. The molecule has 1 unspecified atom stereocenters. The van der Waals surface area contributed by atoms with E-state index < -0.39 is 0 Å². The first-order valence-corrected chi connectivity index (χ1v) is 8.96. The Kier molecular flexibility index (Phi) is 7.14. The van der Waals surface area contributed by atoms with Crippen molar-refractivity contribution in [1.82, 2.24) is 15.1 Å². The Morgan fingerprint density at radius 3 is 2.68 bits per heavy atom. The number of benzene rings is 1. The molecule has 1 aromatic heterocycles. The number of rotatable bonds is 8. The SMILES string of the molecule is Cc1cc(C)n(CC(C)CNC(=O)CCOc2ccc(Cl)c(Cl)c2)n1. The molecule has 136 valence electrons. The number of aryl methyl sites for hydroxylation is 2. The number of ether oxygens (including phenoxy) is 1. The van der Waals surface area contributed by atoms with E-state index in [1.807, 2.05) is 24.6 Å². The second kappa shape index (κ2) is 9.11. The Morgan fingerprint density at radius 2 is 2.04 bits per heavy atom. The van der Waals surface area contributed by atoms with E-state index in [-0.39, 0.29) is 24.9 Å². The lowest BCUT2D eigenvalue weighted by Gasteiger charge is -2.14. The zero-order valence-electron chi connectivity index (χ0n) is 14.7. The van der Waals surface area contributed by atoms with E-state index in [1.165, 1.54) is 0 Å². The summed E-state index contributed by atoms with van der Waals surface area (Å²) >= 11 is 11.8. The van der Waals surface area contributed by atoms with Gasteiger partial charge in [0.2, 0.25) is 5.91 Å². The van der Waals surface area contributed by atoms with Crippen molar-refractivity contribution < 1.29 is 9.53 Å².